The van der Waals surface area contributed by atoms with E-state index in [4.69, 9.17) is 4.42 Å². The molecule has 108 valence electrons. The van der Waals surface area contributed by atoms with Crippen molar-refractivity contribution in [2.45, 2.75) is 12.5 Å². The molecule has 2 heterocycles. The third-order valence-electron chi connectivity index (χ3n) is 3.87. The van der Waals surface area contributed by atoms with Crippen molar-refractivity contribution in [3.8, 4) is 0 Å². The van der Waals surface area contributed by atoms with Gasteiger partial charge in [-0.05, 0) is 24.1 Å². The molecule has 2 aromatic rings. The molecule has 7 heteroatoms. The monoisotopic (exact) mass is 297 g/mol. The van der Waals surface area contributed by atoms with Gasteiger partial charge in [-0.3, -0.25) is 4.57 Å². The summed E-state index contributed by atoms with van der Waals surface area (Å²) in [5, 5.41) is 10.3. The molecule has 0 saturated carbocycles. The van der Waals surface area contributed by atoms with Crippen LogP contribution in [0.2, 0.25) is 0 Å². The number of oxazole rings is 1. The fourth-order valence-corrected chi connectivity index (χ4v) is 4.51. The van der Waals surface area contributed by atoms with Crippen molar-refractivity contribution in [1.82, 2.24) is 4.57 Å². The van der Waals surface area contributed by atoms with Crippen LogP contribution in [0.15, 0.2) is 27.4 Å². The Kier molecular flexibility index (Phi) is 2.98. The van der Waals surface area contributed by atoms with Crippen molar-refractivity contribution in [2.24, 2.45) is 13.0 Å². The molecule has 3 rings (SSSR count). The predicted octanol–water partition coefficient (Wildman–Crippen LogP) is 0.600. The van der Waals surface area contributed by atoms with Crippen LogP contribution in [-0.4, -0.2) is 29.6 Å². The molecule has 1 aromatic carbocycles. The zero-order valence-electron chi connectivity index (χ0n) is 10.9. The Balaban J connectivity index is 1.96. The Morgan fingerprint density at radius 3 is 2.85 bits per heavy atom. The second-order valence-electron chi connectivity index (χ2n) is 5.26. The van der Waals surface area contributed by atoms with Crippen molar-refractivity contribution >= 4 is 20.9 Å². The average Bonchev–Trinajstić information content (AvgIpc) is 2.89. The summed E-state index contributed by atoms with van der Waals surface area (Å²) in [5.74, 6) is -0.634. The van der Waals surface area contributed by atoms with Crippen LogP contribution in [0.25, 0.3) is 11.1 Å². The summed E-state index contributed by atoms with van der Waals surface area (Å²) in [6, 6.07) is 5.00. The topological polar surface area (TPSA) is 89.5 Å². The van der Waals surface area contributed by atoms with E-state index in [1.807, 2.05) is 0 Å². The van der Waals surface area contributed by atoms with Gasteiger partial charge in [-0.25, -0.2) is 13.2 Å². The molecule has 1 aliphatic rings. The number of rotatable bonds is 2. The van der Waals surface area contributed by atoms with Gasteiger partial charge in [-0.1, -0.05) is 6.07 Å². The van der Waals surface area contributed by atoms with Crippen LogP contribution in [0.4, 0.5) is 0 Å². The minimum atomic E-state index is -3.03. The van der Waals surface area contributed by atoms with Gasteiger partial charge in [0, 0.05) is 13.0 Å². The Morgan fingerprint density at radius 1 is 1.45 bits per heavy atom. The second-order valence-corrected chi connectivity index (χ2v) is 7.49. The lowest BCUT2D eigenvalue weighted by molar-refractivity contribution is 0.121. The molecule has 0 radical (unpaired) electrons. The number of benzene rings is 1. The van der Waals surface area contributed by atoms with E-state index in [2.05, 4.69) is 0 Å². The standard InChI is InChI=1S/C13H15NO5S/c1-14-10-3-2-8(6-11(10)19-13(14)16)12(15)9-4-5-20(17,18)7-9/h2-3,6,9,12,15H,4-5,7H2,1H3. The Labute approximate surface area is 115 Å². The quantitative estimate of drug-likeness (QED) is 0.876. The number of hydrogen-bond acceptors (Lipinski definition) is 5. The largest absolute Gasteiger partial charge is 0.419 e. The summed E-state index contributed by atoms with van der Waals surface area (Å²) in [6.45, 7) is 0. The minimum Gasteiger partial charge on any atom is -0.408 e. The SMILES string of the molecule is Cn1c(=O)oc2cc(C(O)C3CCS(=O)(=O)C3)ccc21. The van der Waals surface area contributed by atoms with Crippen molar-refractivity contribution in [2.75, 3.05) is 11.5 Å². The first-order valence-electron chi connectivity index (χ1n) is 6.35. The number of nitrogens with zero attached hydrogens (tertiary/aromatic N) is 1. The Hall–Kier alpha value is -1.60. The van der Waals surface area contributed by atoms with E-state index in [-0.39, 0.29) is 17.4 Å². The van der Waals surface area contributed by atoms with Gasteiger partial charge in [0.2, 0.25) is 0 Å². The van der Waals surface area contributed by atoms with Crippen LogP contribution in [-0.2, 0) is 16.9 Å². The van der Waals surface area contributed by atoms with Gasteiger partial charge in [0.05, 0.1) is 23.1 Å². The van der Waals surface area contributed by atoms with Crippen LogP contribution < -0.4 is 5.76 Å². The molecule has 2 atom stereocenters. The highest BCUT2D eigenvalue weighted by molar-refractivity contribution is 7.91. The van der Waals surface area contributed by atoms with Gasteiger partial charge in [0.15, 0.2) is 15.4 Å². The maximum atomic E-state index is 11.5. The van der Waals surface area contributed by atoms with Gasteiger partial charge >= 0.3 is 5.76 Å². The lowest BCUT2D eigenvalue weighted by Gasteiger charge is -2.16. The minimum absolute atomic E-state index is 0.00490. The average molecular weight is 297 g/mol. The molecule has 6 nitrogen and oxygen atoms in total. The molecule has 1 saturated heterocycles. The number of sulfone groups is 1. The summed E-state index contributed by atoms with van der Waals surface area (Å²) in [5.41, 5.74) is 1.62. The molecular formula is C13H15NO5S. The number of aliphatic hydroxyl groups excluding tert-OH is 1. The highest BCUT2D eigenvalue weighted by atomic mass is 32.2. The third-order valence-corrected chi connectivity index (χ3v) is 5.67. The number of aromatic nitrogens is 1. The highest BCUT2D eigenvalue weighted by Gasteiger charge is 2.33. The van der Waals surface area contributed by atoms with E-state index in [9.17, 15) is 18.3 Å². The zero-order chi connectivity index (χ0) is 14.5. The molecule has 2 unspecified atom stereocenters. The van der Waals surface area contributed by atoms with Gasteiger partial charge in [-0.15, -0.1) is 0 Å². The van der Waals surface area contributed by atoms with E-state index in [1.165, 1.54) is 4.57 Å². The van der Waals surface area contributed by atoms with Gasteiger partial charge in [-0.2, -0.15) is 0 Å². The molecule has 0 aliphatic carbocycles. The first-order valence-corrected chi connectivity index (χ1v) is 8.17. The number of aliphatic hydroxyl groups is 1. The van der Waals surface area contributed by atoms with Gasteiger partial charge < -0.3 is 9.52 Å². The number of aryl methyl sites for hydroxylation is 1. The summed E-state index contributed by atoms with van der Waals surface area (Å²) in [7, 11) is -1.43. The summed E-state index contributed by atoms with van der Waals surface area (Å²) in [4.78, 5) is 11.4. The first-order chi connectivity index (χ1) is 9.37. The van der Waals surface area contributed by atoms with Gasteiger partial charge in [0.1, 0.15) is 0 Å². The van der Waals surface area contributed by atoms with Crippen molar-refractivity contribution in [3.05, 3.63) is 34.3 Å². The molecule has 20 heavy (non-hydrogen) atoms. The van der Waals surface area contributed by atoms with Gasteiger partial charge in [0.25, 0.3) is 0 Å². The predicted molar refractivity (Wildman–Crippen MR) is 73.2 cm³/mol. The van der Waals surface area contributed by atoms with Crippen LogP contribution >= 0.6 is 0 Å². The van der Waals surface area contributed by atoms with Crippen LogP contribution in [0, 0.1) is 5.92 Å². The van der Waals surface area contributed by atoms with Crippen LogP contribution in [0.1, 0.15) is 18.1 Å². The molecule has 0 bridgehead atoms. The summed E-state index contributed by atoms with van der Waals surface area (Å²) >= 11 is 0. The van der Waals surface area contributed by atoms with Crippen LogP contribution in [0.3, 0.4) is 0 Å². The molecule has 1 aliphatic heterocycles. The summed E-state index contributed by atoms with van der Waals surface area (Å²) in [6.07, 6.45) is -0.400. The fraction of sp³-hybridized carbons (Fsp3) is 0.462. The van der Waals surface area contributed by atoms with E-state index in [0.29, 0.717) is 23.1 Å². The van der Waals surface area contributed by atoms with E-state index in [1.54, 1.807) is 25.2 Å². The molecular weight excluding hydrogens is 282 g/mol. The fourth-order valence-electron chi connectivity index (χ4n) is 2.68. The Bertz CT molecular complexity index is 817. The van der Waals surface area contributed by atoms with Crippen molar-refractivity contribution in [3.63, 3.8) is 0 Å². The van der Waals surface area contributed by atoms with Crippen molar-refractivity contribution < 1.29 is 17.9 Å². The summed E-state index contributed by atoms with van der Waals surface area (Å²) < 4.78 is 29.4. The number of fused-ring (bicyclic) bond motifs is 1. The molecule has 1 N–H and O–H groups in total. The molecule has 0 amide bonds. The maximum Gasteiger partial charge on any atom is 0.419 e. The van der Waals surface area contributed by atoms with E-state index < -0.39 is 21.7 Å². The molecule has 1 fully saturated rings. The molecule has 0 spiro atoms. The van der Waals surface area contributed by atoms with E-state index in [0.717, 1.165) is 0 Å². The van der Waals surface area contributed by atoms with Crippen LogP contribution in [0.5, 0.6) is 0 Å². The first kappa shape index (κ1) is 13.4. The number of hydrogen-bond donors (Lipinski definition) is 1. The van der Waals surface area contributed by atoms with Crippen molar-refractivity contribution in [1.29, 1.82) is 0 Å². The molecule has 1 aromatic heterocycles. The third kappa shape index (κ3) is 2.16. The lowest BCUT2D eigenvalue weighted by atomic mass is 9.95. The zero-order valence-corrected chi connectivity index (χ0v) is 11.8. The smallest absolute Gasteiger partial charge is 0.408 e. The lowest BCUT2D eigenvalue weighted by Crippen LogP contribution is -2.14. The van der Waals surface area contributed by atoms with E-state index >= 15 is 0 Å². The second kappa shape index (κ2) is 4.46. The maximum absolute atomic E-state index is 11.5. The normalized spacial score (nSPS) is 23.2. The highest BCUT2D eigenvalue weighted by Crippen LogP contribution is 2.32. The Morgan fingerprint density at radius 2 is 2.20 bits per heavy atom.